The highest BCUT2D eigenvalue weighted by Crippen LogP contribution is 2.29. The normalized spacial score (nSPS) is 13.6. The quantitative estimate of drug-likeness (QED) is 0.906. The van der Waals surface area contributed by atoms with Crippen molar-refractivity contribution in [1.29, 1.82) is 0 Å². The van der Waals surface area contributed by atoms with Crippen LogP contribution < -0.4 is 10.5 Å². The van der Waals surface area contributed by atoms with Gasteiger partial charge in [0.2, 0.25) is 0 Å². The number of hydrogen-bond acceptors (Lipinski definition) is 2. The predicted octanol–water partition coefficient (Wildman–Crippen LogP) is 4.04. The Morgan fingerprint density at radius 1 is 1.44 bits per heavy atom. The number of benzene rings is 1. The number of hydrogen-bond donors (Lipinski definition) is 1. The van der Waals surface area contributed by atoms with Gasteiger partial charge in [0.1, 0.15) is 11.4 Å². The molecule has 0 spiro atoms. The highest BCUT2D eigenvalue weighted by molar-refractivity contribution is 9.10. The van der Waals surface area contributed by atoms with Crippen molar-refractivity contribution < 1.29 is 4.74 Å². The first kappa shape index (κ1) is 13.5. The van der Waals surface area contributed by atoms with Gasteiger partial charge in [0.25, 0.3) is 0 Å². The first-order valence-corrected chi connectivity index (χ1v) is 6.39. The summed E-state index contributed by atoms with van der Waals surface area (Å²) < 4.78 is 6.90. The van der Waals surface area contributed by atoms with E-state index in [2.05, 4.69) is 36.7 Å². The Morgan fingerprint density at radius 3 is 2.50 bits per heavy atom. The van der Waals surface area contributed by atoms with E-state index in [1.807, 2.05) is 25.1 Å². The highest BCUT2D eigenvalue weighted by atomic mass is 79.9. The fraction of sp³-hybridized carbons (Fsp3) is 0.538. The van der Waals surface area contributed by atoms with Crippen molar-refractivity contribution in [2.45, 2.75) is 45.8 Å². The molecule has 1 atom stereocenters. The maximum Gasteiger partial charge on any atom is 0.121 e. The fourth-order valence-electron chi connectivity index (χ4n) is 1.33. The van der Waals surface area contributed by atoms with Gasteiger partial charge < -0.3 is 10.5 Å². The Labute approximate surface area is 106 Å². The molecule has 16 heavy (non-hydrogen) atoms. The van der Waals surface area contributed by atoms with Gasteiger partial charge in [0.15, 0.2) is 0 Å². The molecule has 2 nitrogen and oxygen atoms in total. The SMILES string of the molecule is CCC(C)(C)Oc1ccc([C@H](C)N)c(Br)c1. The topological polar surface area (TPSA) is 35.2 Å². The second kappa shape index (κ2) is 5.19. The lowest BCUT2D eigenvalue weighted by Crippen LogP contribution is -2.26. The monoisotopic (exact) mass is 285 g/mol. The molecule has 2 N–H and O–H groups in total. The lowest BCUT2D eigenvalue weighted by Gasteiger charge is -2.25. The molecule has 0 radical (unpaired) electrons. The molecule has 0 fully saturated rings. The molecular weight excluding hydrogens is 266 g/mol. The summed E-state index contributed by atoms with van der Waals surface area (Å²) in [5.74, 6) is 0.878. The minimum Gasteiger partial charge on any atom is -0.488 e. The maximum absolute atomic E-state index is 5.90. The molecule has 3 heteroatoms. The van der Waals surface area contributed by atoms with E-state index in [-0.39, 0.29) is 11.6 Å². The third-order valence-electron chi connectivity index (χ3n) is 2.71. The smallest absolute Gasteiger partial charge is 0.121 e. The van der Waals surface area contributed by atoms with Crippen molar-refractivity contribution >= 4 is 15.9 Å². The van der Waals surface area contributed by atoms with Crippen molar-refractivity contribution in [3.8, 4) is 5.75 Å². The highest BCUT2D eigenvalue weighted by Gasteiger charge is 2.17. The van der Waals surface area contributed by atoms with Crippen molar-refractivity contribution in [3.63, 3.8) is 0 Å². The lowest BCUT2D eigenvalue weighted by molar-refractivity contribution is 0.105. The summed E-state index contributed by atoms with van der Waals surface area (Å²) in [6, 6.07) is 6.00. The zero-order valence-electron chi connectivity index (χ0n) is 10.4. The van der Waals surface area contributed by atoms with E-state index in [1.165, 1.54) is 0 Å². The second-order valence-corrected chi connectivity index (χ2v) is 5.54. The zero-order chi connectivity index (χ0) is 12.3. The molecular formula is C13H20BrNO. The van der Waals surface area contributed by atoms with Crippen molar-refractivity contribution in [2.75, 3.05) is 0 Å². The van der Waals surface area contributed by atoms with Crippen LogP contribution in [0.5, 0.6) is 5.75 Å². The first-order chi connectivity index (χ1) is 7.35. The molecule has 0 amide bonds. The van der Waals surface area contributed by atoms with Crippen LogP contribution >= 0.6 is 15.9 Å². The minimum atomic E-state index is -0.130. The molecule has 0 unspecified atom stereocenters. The number of ether oxygens (including phenoxy) is 1. The molecule has 0 heterocycles. The van der Waals surface area contributed by atoms with Gasteiger partial charge in [-0.2, -0.15) is 0 Å². The van der Waals surface area contributed by atoms with Crippen LogP contribution in [0.15, 0.2) is 22.7 Å². The lowest BCUT2D eigenvalue weighted by atomic mass is 10.1. The molecule has 0 saturated carbocycles. The zero-order valence-corrected chi connectivity index (χ0v) is 12.0. The Morgan fingerprint density at radius 2 is 2.06 bits per heavy atom. The summed E-state index contributed by atoms with van der Waals surface area (Å²) in [5.41, 5.74) is 6.82. The van der Waals surface area contributed by atoms with Gasteiger partial charge in [-0.15, -0.1) is 0 Å². The summed E-state index contributed by atoms with van der Waals surface area (Å²) in [6.07, 6.45) is 0.972. The van der Waals surface area contributed by atoms with E-state index < -0.39 is 0 Å². The number of rotatable bonds is 4. The Balaban J connectivity index is 2.90. The van der Waals surface area contributed by atoms with Crippen LogP contribution in [0.3, 0.4) is 0 Å². The third-order valence-corrected chi connectivity index (χ3v) is 3.39. The fourth-order valence-corrected chi connectivity index (χ4v) is 2.05. The standard InChI is InChI=1S/C13H20BrNO/c1-5-13(3,4)16-10-6-7-11(9(2)15)12(14)8-10/h6-9H,5,15H2,1-4H3/t9-/m0/s1. The van der Waals surface area contributed by atoms with Gasteiger partial charge in [-0.1, -0.05) is 28.9 Å². The van der Waals surface area contributed by atoms with Crippen LogP contribution in [-0.4, -0.2) is 5.60 Å². The van der Waals surface area contributed by atoms with Crippen LogP contribution in [-0.2, 0) is 0 Å². The third kappa shape index (κ3) is 3.49. The second-order valence-electron chi connectivity index (χ2n) is 4.69. The molecule has 0 aliphatic carbocycles. The van der Waals surface area contributed by atoms with Crippen LogP contribution in [0.2, 0.25) is 0 Å². The van der Waals surface area contributed by atoms with Crippen LogP contribution in [0.1, 0.15) is 45.7 Å². The molecule has 0 saturated heterocycles. The summed E-state index contributed by atoms with van der Waals surface area (Å²) in [5, 5.41) is 0. The molecule has 1 aromatic carbocycles. The summed E-state index contributed by atoms with van der Waals surface area (Å²) in [7, 11) is 0. The van der Waals surface area contributed by atoms with E-state index in [0.717, 1.165) is 22.2 Å². The van der Waals surface area contributed by atoms with Gasteiger partial charge in [-0.05, 0) is 44.9 Å². The van der Waals surface area contributed by atoms with E-state index in [4.69, 9.17) is 10.5 Å². The van der Waals surface area contributed by atoms with E-state index in [1.54, 1.807) is 0 Å². The van der Waals surface area contributed by atoms with Gasteiger partial charge >= 0.3 is 0 Å². The average Bonchev–Trinajstić information content (AvgIpc) is 2.16. The molecule has 0 bridgehead atoms. The molecule has 90 valence electrons. The largest absolute Gasteiger partial charge is 0.488 e. The molecule has 1 aromatic rings. The van der Waals surface area contributed by atoms with E-state index in [9.17, 15) is 0 Å². The van der Waals surface area contributed by atoms with Crippen molar-refractivity contribution in [2.24, 2.45) is 5.73 Å². The summed E-state index contributed by atoms with van der Waals surface area (Å²) in [6.45, 7) is 8.25. The van der Waals surface area contributed by atoms with Crippen molar-refractivity contribution in [3.05, 3.63) is 28.2 Å². The molecule has 0 aromatic heterocycles. The van der Waals surface area contributed by atoms with Crippen LogP contribution in [0.25, 0.3) is 0 Å². The van der Waals surface area contributed by atoms with Gasteiger partial charge in [-0.25, -0.2) is 0 Å². The van der Waals surface area contributed by atoms with Gasteiger partial charge in [0.05, 0.1) is 0 Å². The molecule has 0 aliphatic heterocycles. The first-order valence-electron chi connectivity index (χ1n) is 5.60. The summed E-state index contributed by atoms with van der Waals surface area (Å²) >= 11 is 3.52. The average molecular weight is 286 g/mol. The maximum atomic E-state index is 5.90. The number of halogens is 1. The Bertz CT molecular complexity index is 361. The Kier molecular flexibility index (Phi) is 4.39. The van der Waals surface area contributed by atoms with E-state index >= 15 is 0 Å². The van der Waals surface area contributed by atoms with E-state index in [0.29, 0.717) is 0 Å². The van der Waals surface area contributed by atoms with Crippen LogP contribution in [0.4, 0.5) is 0 Å². The van der Waals surface area contributed by atoms with Crippen LogP contribution in [0, 0.1) is 0 Å². The minimum absolute atomic E-state index is 0.0302. The van der Waals surface area contributed by atoms with Gasteiger partial charge in [0, 0.05) is 10.5 Å². The Hall–Kier alpha value is -0.540. The summed E-state index contributed by atoms with van der Waals surface area (Å²) in [4.78, 5) is 0. The van der Waals surface area contributed by atoms with Crippen molar-refractivity contribution in [1.82, 2.24) is 0 Å². The molecule has 0 aliphatic rings. The predicted molar refractivity (Wildman–Crippen MR) is 71.7 cm³/mol. The number of nitrogens with two attached hydrogens (primary N) is 1. The van der Waals surface area contributed by atoms with Gasteiger partial charge in [-0.3, -0.25) is 0 Å². The molecule has 1 rings (SSSR count).